The summed E-state index contributed by atoms with van der Waals surface area (Å²) in [5, 5.41) is 6.48. The number of piperidine rings is 1. The van der Waals surface area contributed by atoms with Crippen molar-refractivity contribution in [1.29, 1.82) is 0 Å². The van der Waals surface area contributed by atoms with Crippen molar-refractivity contribution in [3.8, 4) is 0 Å². The first-order valence-corrected chi connectivity index (χ1v) is 7.63. The molecule has 1 saturated heterocycles. The van der Waals surface area contributed by atoms with E-state index in [-0.39, 0.29) is 11.6 Å². The molecule has 7 heteroatoms. The van der Waals surface area contributed by atoms with Crippen LogP contribution in [0.1, 0.15) is 25.8 Å². The Morgan fingerprint density at radius 1 is 1.50 bits per heavy atom. The third-order valence-corrected chi connectivity index (χ3v) is 5.67. The second-order valence-corrected chi connectivity index (χ2v) is 6.91. The predicted octanol–water partition coefficient (Wildman–Crippen LogP) is 0.535. The van der Waals surface area contributed by atoms with E-state index in [4.69, 9.17) is 5.73 Å². The number of aromatic nitrogens is 2. The smallest absolute Gasteiger partial charge is 0.260 e. The van der Waals surface area contributed by atoms with E-state index in [1.807, 2.05) is 0 Å². The second kappa shape index (κ2) is 4.99. The number of rotatable bonds is 3. The van der Waals surface area contributed by atoms with E-state index in [1.54, 1.807) is 0 Å². The van der Waals surface area contributed by atoms with Gasteiger partial charge in [-0.1, -0.05) is 13.8 Å². The van der Waals surface area contributed by atoms with Crippen LogP contribution in [0.5, 0.6) is 0 Å². The van der Waals surface area contributed by atoms with Crippen LogP contribution in [0, 0.1) is 11.8 Å². The van der Waals surface area contributed by atoms with Gasteiger partial charge in [0.15, 0.2) is 5.03 Å². The number of aromatic amines is 1. The Labute approximate surface area is 108 Å². The maximum Gasteiger partial charge on any atom is 0.260 e. The number of hydrogen-bond acceptors (Lipinski definition) is 4. The highest BCUT2D eigenvalue weighted by Gasteiger charge is 2.33. The molecule has 2 rings (SSSR count). The van der Waals surface area contributed by atoms with E-state index in [1.165, 1.54) is 10.5 Å². The fraction of sp³-hybridized carbons (Fsp3) is 0.727. The lowest BCUT2D eigenvalue weighted by molar-refractivity contribution is 0.212. The lowest BCUT2D eigenvalue weighted by Gasteiger charge is -2.34. The van der Waals surface area contributed by atoms with Crippen molar-refractivity contribution in [3.05, 3.63) is 11.8 Å². The van der Waals surface area contributed by atoms with Gasteiger partial charge in [0.2, 0.25) is 0 Å². The highest BCUT2D eigenvalue weighted by atomic mass is 32.2. The number of nitrogens with zero attached hydrogens (tertiary/aromatic N) is 2. The Hall–Kier alpha value is -0.920. The minimum absolute atomic E-state index is 0.145. The fourth-order valence-electron chi connectivity index (χ4n) is 2.24. The minimum atomic E-state index is -3.48. The van der Waals surface area contributed by atoms with Crippen LogP contribution in [0.25, 0.3) is 0 Å². The van der Waals surface area contributed by atoms with Crippen LogP contribution in [0.3, 0.4) is 0 Å². The molecule has 6 nitrogen and oxygen atoms in total. The van der Waals surface area contributed by atoms with Crippen LogP contribution >= 0.6 is 0 Å². The summed E-state index contributed by atoms with van der Waals surface area (Å²) in [6, 6.07) is 0. The van der Waals surface area contributed by atoms with Gasteiger partial charge in [-0.05, 0) is 18.3 Å². The Bertz CT molecular complexity index is 511. The summed E-state index contributed by atoms with van der Waals surface area (Å²) in [6.07, 6.45) is 2.37. The summed E-state index contributed by atoms with van der Waals surface area (Å²) in [7, 11) is -3.48. The van der Waals surface area contributed by atoms with Gasteiger partial charge in [0, 0.05) is 25.2 Å². The van der Waals surface area contributed by atoms with E-state index < -0.39 is 10.0 Å². The highest BCUT2D eigenvalue weighted by Crippen LogP contribution is 2.27. The Balaban J connectivity index is 2.27. The van der Waals surface area contributed by atoms with Crippen LogP contribution in [-0.4, -0.2) is 36.0 Å². The summed E-state index contributed by atoms with van der Waals surface area (Å²) < 4.78 is 26.5. The number of sulfonamides is 1. The van der Waals surface area contributed by atoms with Crippen LogP contribution < -0.4 is 5.73 Å². The van der Waals surface area contributed by atoms with Crippen LogP contribution in [0.15, 0.2) is 11.2 Å². The minimum Gasteiger partial charge on any atom is -0.326 e. The molecule has 1 aliphatic rings. The molecule has 2 atom stereocenters. The lowest BCUT2D eigenvalue weighted by Crippen LogP contribution is -2.42. The van der Waals surface area contributed by atoms with Crippen molar-refractivity contribution in [3.63, 3.8) is 0 Å². The largest absolute Gasteiger partial charge is 0.326 e. The van der Waals surface area contributed by atoms with Crippen LogP contribution in [0.4, 0.5) is 0 Å². The van der Waals surface area contributed by atoms with E-state index in [0.29, 0.717) is 30.5 Å². The summed E-state index contributed by atoms with van der Waals surface area (Å²) in [5.74, 6) is 0.935. The number of hydrogen-bond donors (Lipinski definition) is 2. The van der Waals surface area contributed by atoms with Crippen molar-refractivity contribution in [2.75, 3.05) is 13.1 Å². The summed E-state index contributed by atoms with van der Waals surface area (Å²) >= 11 is 0. The molecule has 0 aliphatic carbocycles. The first kappa shape index (κ1) is 13.5. The first-order chi connectivity index (χ1) is 8.46. The SMILES string of the molecule is CC1CCN(S(=O)(=O)c2[nH]ncc2CN)CC1C. The third kappa shape index (κ3) is 2.30. The zero-order chi connectivity index (χ0) is 13.3. The molecule has 0 saturated carbocycles. The van der Waals surface area contributed by atoms with Crippen molar-refractivity contribution in [2.24, 2.45) is 17.6 Å². The van der Waals surface area contributed by atoms with Crippen LogP contribution in [0.2, 0.25) is 0 Å². The van der Waals surface area contributed by atoms with Gasteiger partial charge in [-0.15, -0.1) is 0 Å². The molecule has 2 unspecified atom stereocenters. The zero-order valence-corrected chi connectivity index (χ0v) is 11.6. The van der Waals surface area contributed by atoms with Gasteiger partial charge in [-0.25, -0.2) is 8.42 Å². The Kier molecular flexibility index (Phi) is 3.74. The molecule has 1 aliphatic heterocycles. The molecule has 0 aromatic carbocycles. The van der Waals surface area contributed by atoms with E-state index >= 15 is 0 Å². The van der Waals surface area contributed by atoms with Crippen molar-refractivity contribution in [2.45, 2.75) is 31.8 Å². The molecule has 1 aromatic rings. The van der Waals surface area contributed by atoms with Gasteiger partial charge < -0.3 is 5.73 Å². The van der Waals surface area contributed by atoms with E-state index in [0.717, 1.165) is 6.42 Å². The van der Waals surface area contributed by atoms with E-state index in [9.17, 15) is 8.42 Å². The van der Waals surface area contributed by atoms with Crippen molar-refractivity contribution in [1.82, 2.24) is 14.5 Å². The average Bonchev–Trinajstić information content (AvgIpc) is 2.81. The topological polar surface area (TPSA) is 92.1 Å². The highest BCUT2D eigenvalue weighted by molar-refractivity contribution is 7.89. The summed E-state index contributed by atoms with van der Waals surface area (Å²) in [4.78, 5) is 0. The molecule has 102 valence electrons. The van der Waals surface area contributed by atoms with Gasteiger partial charge >= 0.3 is 0 Å². The van der Waals surface area contributed by atoms with E-state index in [2.05, 4.69) is 24.0 Å². The number of H-pyrrole nitrogens is 1. The Morgan fingerprint density at radius 3 is 2.83 bits per heavy atom. The molecule has 2 heterocycles. The summed E-state index contributed by atoms with van der Waals surface area (Å²) in [6.45, 7) is 5.55. The first-order valence-electron chi connectivity index (χ1n) is 6.19. The number of nitrogens with one attached hydrogen (secondary N) is 1. The standard InChI is InChI=1S/C11H20N4O2S/c1-8-3-4-15(7-9(8)2)18(16,17)11-10(5-12)6-13-14-11/h6,8-9H,3-5,7,12H2,1-2H3,(H,13,14). The quantitative estimate of drug-likeness (QED) is 0.839. The number of nitrogens with two attached hydrogens (primary N) is 1. The molecule has 0 spiro atoms. The molecule has 1 aromatic heterocycles. The average molecular weight is 272 g/mol. The monoisotopic (exact) mass is 272 g/mol. The lowest BCUT2D eigenvalue weighted by atomic mass is 9.90. The van der Waals surface area contributed by atoms with Crippen LogP contribution in [-0.2, 0) is 16.6 Å². The maximum absolute atomic E-state index is 12.5. The molecule has 1 fully saturated rings. The van der Waals surface area contributed by atoms with Gasteiger partial charge in [-0.2, -0.15) is 9.40 Å². The second-order valence-electron chi connectivity index (χ2n) is 5.03. The Morgan fingerprint density at radius 2 is 2.22 bits per heavy atom. The van der Waals surface area contributed by atoms with Gasteiger partial charge in [0.25, 0.3) is 10.0 Å². The maximum atomic E-state index is 12.5. The predicted molar refractivity (Wildman–Crippen MR) is 68.2 cm³/mol. The van der Waals surface area contributed by atoms with Gasteiger partial charge in [0.05, 0.1) is 6.20 Å². The molecular formula is C11H20N4O2S. The molecule has 0 radical (unpaired) electrons. The molecule has 0 amide bonds. The van der Waals surface area contributed by atoms with Crippen molar-refractivity contribution < 1.29 is 8.42 Å². The fourth-order valence-corrected chi connectivity index (χ4v) is 3.91. The molecular weight excluding hydrogens is 252 g/mol. The molecule has 18 heavy (non-hydrogen) atoms. The van der Waals surface area contributed by atoms with Gasteiger partial charge in [0.1, 0.15) is 0 Å². The van der Waals surface area contributed by atoms with Crippen molar-refractivity contribution >= 4 is 10.0 Å². The van der Waals surface area contributed by atoms with Gasteiger partial charge in [-0.3, -0.25) is 5.10 Å². The normalized spacial score (nSPS) is 26.4. The zero-order valence-electron chi connectivity index (χ0n) is 10.8. The third-order valence-electron chi connectivity index (χ3n) is 3.79. The summed E-state index contributed by atoms with van der Waals surface area (Å²) in [5.41, 5.74) is 6.07. The molecule has 0 bridgehead atoms. The molecule has 3 N–H and O–H groups in total.